The zero-order chi connectivity index (χ0) is 23.4. The van der Waals surface area contributed by atoms with Crippen molar-refractivity contribution in [2.45, 2.75) is 30.8 Å². The van der Waals surface area contributed by atoms with Crippen LogP contribution >= 0.6 is 0 Å². The molecule has 0 unspecified atom stereocenters. The van der Waals surface area contributed by atoms with Crippen LogP contribution in [0.4, 0.5) is 16.3 Å². The Morgan fingerprint density at radius 3 is 2.66 bits per heavy atom. The predicted octanol–water partition coefficient (Wildman–Crippen LogP) is 1.47. The maximum Gasteiger partial charge on any atom is 0.275 e. The highest BCUT2D eigenvalue weighted by Gasteiger charge is 2.42. The van der Waals surface area contributed by atoms with Gasteiger partial charge >= 0.3 is 0 Å². The number of aryl methyl sites for hydroxylation is 1. The van der Waals surface area contributed by atoms with Gasteiger partial charge in [0.05, 0.1) is 13.1 Å². The second-order valence-corrected chi connectivity index (χ2v) is 6.90. The Balaban J connectivity index is 2.07. The van der Waals surface area contributed by atoms with Crippen LogP contribution in [0.15, 0.2) is 38.8 Å². The molecule has 16 nitrogen and oxygen atoms in total. The highest BCUT2D eigenvalue weighted by atomic mass is 19.1. The molecule has 0 fully saturated rings. The van der Waals surface area contributed by atoms with Crippen LogP contribution in [0, 0.1) is 0 Å². The number of hydrogen-bond donors (Lipinski definition) is 4. The van der Waals surface area contributed by atoms with Crippen LogP contribution in [0.25, 0.3) is 20.9 Å². The van der Waals surface area contributed by atoms with Crippen molar-refractivity contribution in [3.05, 3.63) is 61.6 Å². The van der Waals surface area contributed by atoms with Gasteiger partial charge in [0.2, 0.25) is 11.7 Å². The third-order valence-electron chi connectivity index (χ3n) is 4.87. The Morgan fingerprint density at radius 2 is 1.97 bits per heavy atom. The van der Waals surface area contributed by atoms with Gasteiger partial charge in [0.1, 0.15) is 5.66 Å². The lowest BCUT2D eigenvalue weighted by atomic mass is 9.99. The quantitative estimate of drug-likeness (QED) is 0.0881. The predicted molar refractivity (Wildman–Crippen MR) is 110 cm³/mol. The lowest BCUT2D eigenvalue weighted by molar-refractivity contribution is 0.171. The van der Waals surface area contributed by atoms with Crippen molar-refractivity contribution >= 4 is 11.9 Å². The van der Waals surface area contributed by atoms with Gasteiger partial charge in [-0.15, -0.1) is 0 Å². The van der Waals surface area contributed by atoms with E-state index < -0.39 is 23.8 Å². The first-order valence-corrected chi connectivity index (χ1v) is 9.08. The molecule has 1 aliphatic carbocycles. The summed E-state index contributed by atoms with van der Waals surface area (Å²) in [5, 5.41) is 14.3. The third kappa shape index (κ3) is 4.31. The molecule has 0 aliphatic heterocycles. The van der Waals surface area contributed by atoms with Gasteiger partial charge in [-0.3, -0.25) is 10.7 Å². The number of nitrogens with zero attached hydrogens (tertiary/aromatic N) is 12. The third-order valence-corrected chi connectivity index (χ3v) is 4.87. The summed E-state index contributed by atoms with van der Waals surface area (Å²) in [6.45, 7) is -0.672. The van der Waals surface area contributed by atoms with Gasteiger partial charge in [-0.05, 0) is 40.6 Å². The van der Waals surface area contributed by atoms with E-state index in [1.54, 1.807) is 6.07 Å². The van der Waals surface area contributed by atoms with Gasteiger partial charge in [0, 0.05) is 9.82 Å². The fraction of sp³-hybridized carbons (Fsp3) is 0.400. The lowest BCUT2D eigenvalue weighted by Crippen LogP contribution is -2.57. The molecule has 1 aliphatic rings. The molecule has 17 heteroatoms. The fourth-order valence-electron chi connectivity index (χ4n) is 3.29. The smallest absolute Gasteiger partial charge is 0.275 e. The van der Waals surface area contributed by atoms with Gasteiger partial charge in [-0.25, -0.2) is 10.2 Å². The SMILES string of the molecule is [N-]=[N+]=NCc1ccc2c(c1)[C@](N)(N(N)c1nc(N=NN)nc([C@](N)(F)CN=[N+]=[N-])n1)CC2. The molecule has 1 heterocycles. The van der Waals surface area contributed by atoms with Crippen molar-refractivity contribution in [2.75, 3.05) is 11.6 Å². The van der Waals surface area contributed by atoms with E-state index >= 15 is 0 Å². The van der Waals surface area contributed by atoms with E-state index in [1.165, 1.54) is 0 Å². The molecule has 166 valence electrons. The maximum absolute atomic E-state index is 14.9. The number of aromatic nitrogens is 3. The van der Waals surface area contributed by atoms with Crippen molar-refractivity contribution in [3.8, 4) is 0 Å². The summed E-state index contributed by atoms with van der Waals surface area (Å²) in [7, 11) is 0. The van der Waals surface area contributed by atoms with E-state index in [-0.39, 0.29) is 18.4 Å². The minimum absolute atomic E-state index is 0.123. The number of azide groups is 2. The van der Waals surface area contributed by atoms with Gasteiger partial charge < -0.3 is 11.6 Å². The summed E-state index contributed by atoms with van der Waals surface area (Å²) < 4.78 is 14.9. The highest BCUT2D eigenvalue weighted by molar-refractivity contribution is 5.48. The second kappa shape index (κ2) is 8.93. The number of anilines is 1. The van der Waals surface area contributed by atoms with Gasteiger partial charge in [-0.2, -0.15) is 15.0 Å². The molecule has 1 aromatic carbocycles. The van der Waals surface area contributed by atoms with Gasteiger partial charge in [-0.1, -0.05) is 38.8 Å². The van der Waals surface area contributed by atoms with E-state index in [0.717, 1.165) is 16.1 Å². The highest BCUT2D eigenvalue weighted by Crippen LogP contribution is 2.38. The maximum atomic E-state index is 14.9. The molecule has 32 heavy (non-hydrogen) atoms. The van der Waals surface area contributed by atoms with Crippen LogP contribution in [0.5, 0.6) is 0 Å². The van der Waals surface area contributed by atoms with Crippen molar-refractivity contribution < 1.29 is 4.39 Å². The molecule has 0 radical (unpaired) electrons. The molecule has 8 N–H and O–H groups in total. The first kappa shape index (κ1) is 22.5. The average Bonchev–Trinajstić information content (AvgIpc) is 3.13. The molecule has 1 aromatic heterocycles. The monoisotopic (exact) mass is 442 g/mol. The zero-order valence-corrected chi connectivity index (χ0v) is 16.6. The van der Waals surface area contributed by atoms with Crippen LogP contribution in [-0.2, 0) is 24.4 Å². The van der Waals surface area contributed by atoms with Crippen LogP contribution in [0.2, 0.25) is 0 Å². The average molecular weight is 442 g/mol. The molecular weight excluding hydrogens is 423 g/mol. The summed E-state index contributed by atoms with van der Waals surface area (Å²) >= 11 is 0. The van der Waals surface area contributed by atoms with E-state index in [2.05, 4.69) is 45.3 Å². The largest absolute Gasteiger partial charge is 0.304 e. The molecule has 0 amide bonds. The Labute approximate surface area is 179 Å². The van der Waals surface area contributed by atoms with Crippen molar-refractivity contribution in [1.29, 1.82) is 0 Å². The van der Waals surface area contributed by atoms with Crippen molar-refractivity contribution in [3.63, 3.8) is 0 Å². The van der Waals surface area contributed by atoms with E-state index in [0.29, 0.717) is 18.4 Å². The number of rotatable bonds is 8. The first-order valence-electron chi connectivity index (χ1n) is 9.08. The van der Waals surface area contributed by atoms with E-state index in [9.17, 15) is 4.39 Å². The number of alkyl halides is 1. The number of halogens is 1. The number of nitrogens with two attached hydrogens (primary N) is 4. The zero-order valence-electron chi connectivity index (χ0n) is 16.6. The number of fused-ring (bicyclic) bond motifs is 1. The molecule has 0 saturated carbocycles. The van der Waals surface area contributed by atoms with Crippen LogP contribution in [-0.4, -0.2) is 21.5 Å². The summed E-state index contributed by atoms with van der Waals surface area (Å²) in [5.41, 5.74) is 30.2. The van der Waals surface area contributed by atoms with Crippen LogP contribution in [0.3, 0.4) is 0 Å². The van der Waals surface area contributed by atoms with Gasteiger partial charge in [0.25, 0.3) is 5.95 Å². The Kier molecular flexibility index (Phi) is 6.29. The number of benzene rings is 1. The summed E-state index contributed by atoms with van der Waals surface area (Å²) in [4.78, 5) is 17.0. The minimum atomic E-state index is -2.75. The fourth-order valence-corrected chi connectivity index (χ4v) is 3.29. The Bertz CT molecular complexity index is 1130. The van der Waals surface area contributed by atoms with Gasteiger partial charge in [0.15, 0.2) is 5.82 Å². The molecule has 2 aromatic rings. The number of hydrazine groups is 1. The van der Waals surface area contributed by atoms with Crippen LogP contribution < -0.4 is 28.2 Å². The van der Waals surface area contributed by atoms with Crippen LogP contribution in [0.1, 0.15) is 28.9 Å². The summed E-state index contributed by atoms with van der Waals surface area (Å²) in [6.07, 6.45) is 0.968. The minimum Gasteiger partial charge on any atom is -0.304 e. The summed E-state index contributed by atoms with van der Waals surface area (Å²) in [5.74, 6) is 7.36. The normalized spacial score (nSPS) is 19.0. The topological polar surface area (TPSA) is 268 Å². The molecule has 0 saturated heterocycles. The number of hydrogen-bond acceptors (Lipinski definition) is 11. The molecular formula is C15H19FN16. The lowest BCUT2D eigenvalue weighted by Gasteiger charge is -2.35. The standard InChI is InChI=1S/C15H19FN16/c16-14(17,7-24-30-20)11-25-12(28-31-21)27-13(26-11)32(22)15(18)4-3-9-2-1-8(5-10(9)15)6-23-29-19/h1-2,5H,3-4,6-7,17-18,22H2,(H2,21,25,26,27,28)/t14-,15+/m0/s1. The van der Waals surface area contributed by atoms with Crippen molar-refractivity contribution in [2.24, 2.45) is 43.7 Å². The molecule has 2 atom stereocenters. The Hall–Kier alpha value is -4.14. The van der Waals surface area contributed by atoms with E-state index in [4.69, 9.17) is 34.2 Å². The first-order chi connectivity index (χ1) is 15.2. The van der Waals surface area contributed by atoms with Crippen molar-refractivity contribution in [1.82, 2.24) is 15.0 Å². The molecule has 3 rings (SSSR count). The molecule has 0 bridgehead atoms. The molecule has 0 spiro atoms. The second-order valence-electron chi connectivity index (χ2n) is 6.90. The summed E-state index contributed by atoms with van der Waals surface area (Å²) in [6, 6.07) is 5.45. The Morgan fingerprint density at radius 1 is 1.22 bits per heavy atom. The van der Waals surface area contributed by atoms with E-state index in [1.807, 2.05) is 12.1 Å².